The Labute approximate surface area is 201 Å². The number of ether oxygens (including phenoxy) is 1. The highest BCUT2D eigenvalue weighted by Crippen LogP contribution is 2.21. The maximum atomic E-state index is 13.5. The number of nitrogens with zero attached hydrogens (tertiary/aromatic N) is 9. The first-order valence-electron chi connectivity index (χ1n) is 11.1. The molecule has 1 saturated heterocycles. The summed E-state index contributed by atoms with van der Waals surface area (Å²) in [4.78, 5) is 29.2. The average Bonchev–Trinajstić information content (AvgIpc) is 3.43. The molecule has 1 fully saturated rings. The Hall–Kier alpha value is -4.25. The molecule has 0 aliphatic carbocycles. The third kappa shape index (κ3) is 5.30. The van der Waals surface area contributed by atoms with E-state index in [9.17, 15) is 4.39 Å². The van der Waals surface area contributed by atoms with Crippen LogP contribution in [0.1, 0.15) is 11.1 Å². The number of rotatable bonds is 7. The first-order chi connectivity index (χ1) is 17.2. The van der Waals surface area contributed by atoms with E-state index < -0.39 is 6.08 Å². The van der Waals surface area contributed by atoms with Gasteiger partial charge in [0.1, 0.15) is 18.0 Å². The lowest BCUT2D eigenvalue weighted by molar-refractivity contribution is 0.173. The third-order valence-electron chi connectivity index (χ3n) is 5.70. The van der Waals surface area contributed by atoms with Crippen molar-refractivity contribution in [2.75, 3.05) is 43.2 Å². The molecule has 0 unspecified atom stereocenters. The van der Waals surface area contributed by atoms with Gasteiger partial charge in [-0.15, -0.1) is 0 Å². The van der Waals surface area contributed by atoms with Gasteiger partial charge in [0.05, 0.1) is 12.6 Å². The Morgan fingerprint density at radius 3 is 2.51 bits per heavy atom. The van der Waals surface area contributed by atoms with Gasteiger partial charge in [-0.1, -0.05) is 12.2 Å². The summed E-state index contributed by atoms with van der Waals surface area (Å²) < 4.78 is 20.8. The maximum Gasteiger partial charge on any atom is 0.310 e. The van der Waals surface area contributed by atoms with Crippen LogP contribution in [-0.4, -0.2) is 73.9 Å². The van der Waals surface area contributed by atoms with Crippen LogP contribution in [0.4, 0.5) is 16.2 Å². The molecule has 1 aliphatic heterocycles. The minimum absolute atomic E-state index is 0.0241. The van der Waals surface area contributed by atoms with E-state index in [1.54, 1.807) is 44.3 Å². The summed E-state index contributed by atoms with van der Waals surface area (Å²) in [6.07, 6.45) is 15.3. The summed E-state index contributed by atoms with van der Waals surface area (Å²) >= 11 is 0. The lowest BCUT2D eigenvalue weighted by Crippen LogP contribution is -2.56. The monoisotopic (exact) mass is 473 g/mol. The largest absolute Gasteiger partial charge is 0.382 e. The van der Waals surface area contributed by atoms with Crippen LogP contribution in [0.15, 0.2) is 61.7 Å². The van der Waals surface area contributed by atoms with Crippen LogP contribution in [0.25, 0.3) is 18.0 Å². The third-order valence-corrected chi connectivity index (χ3v) is 5.70. The number of imidazole rings is 1. The Morgan fingerprint density at radius 2 is 1.80 bits per heavy atom. The molecule has 0 N–H and O–H groups in total. The predicted molar refractivity (Wildman–Crippen MR) is 130 cm³/mol. The molecule has 5 heterocycles. The van der Waals surface area contributed by atoms with Crippen LogP contribution in [0.2, 0.25) is 0 Å². The summed E-state index contributed by atoms with van der Waals surface area (Å²) in [6.45, 7) is 2.41. The summed E-state index contributed by atoms with van der Waals surface area (Å²) in [7, 11) is 1.65. The van der Waals surface area contributed by atoms with Crippen molar-refractivity contribution in [2.24, 2.45) is 0 Å². The Balaban J connectivity index is 1.24. The molecule has 4 aromatic heterocycles. The molecule has 10 nitrogen and oxygen atoms in total. The molecule has 4 aromatic rings. The first kappa shape index (κ1) is 22.5. The van der Waals surface area contributed by atoms with Gasteiger partial charge in [-0.05, 0) is 23.8 Å². The molecule has 1 atom stereocenters. The quantitative estimate of drug-likeness (QED) is 0.375. The van der Waals surface area contributed by atoms with Crippen LogP contribution in [0, 0.1) is 6.08 Å². The van der Waals surface area contributed by atoms with E-state index in [0.717, 1.165) is 16.9 Å². The van der Waals surface area contributed by atoms with Crippen LogP contribution < -0.4 is 9.80 Å². The van der Waals surface area contributed by atoms with E-state index in [-0.39, 0.29) is 6.04 Å². The van der Waals surface area contributed by atoms with E-state index in [0.29, 0.717) is 38.0 Å². The van der Waals surface area contributed by atoms with Gasteiger partial charge >= 0.3 is 6.08 Å². The van der Waals surface area contributed by atoms with Crippen LogP contribution in [0.3, 0.4) is 0 Å². The molecular formula is C24H24FN9O. The fraction of sp³-hybridized carbons (Fsp3) is 0.250. The fourth-order valence-electron chi connectivity index (χ4n) is 3.98. The number of anilines is 2. The maximum absolute atomic E-state index is 13.5. The number of hydrogen-bond acceptors (Lipinski definition) is 9. The molecular weight excluding hydrogens is 449 g/mol. The van der Waals surface area contributed by atoms with E-state index in [1.165, 1.54) is 6.20 Å². The molecule has 0 spiro atoms. The molecule has 0 saturated carbocycles. The zero-order chi connectivity index (χ0) is 24.0. The smallest absolute Gasteiger partial charge is 0.310 e. The highest BCUT2D eigenvalue weighted by atomic mass is 19.1. The van der Waals surface area contributed by atoms with Gasteiger partial charge in [-0.2, -0.15) is 9.37 Å². The second-order valence-corrected chi connectivity index (χ2v) is 8.00. The molecule has 178 valence electrons. The fourth-order valence-corrected chi connectivity index (χ4v) is 3.98. The summed E-state index contributed by atoms with van der Waals surface area (Å²) in [5.41, 5.74) is 1.86. The normalized spacial score (nSPS) is 16.2. The number of halogens is 1. The number of pyridine rings is 1. The molecule has 11 heteroatoms. The lowest BCUT2D eigenvalue weighted by Gasteiger charge is -2.41. The van der Waals surface area contributed by atoms with E-state index in [1.807, 2.05) is 39.9 Å². The SMILES string of the molecule is COC[C@H]1CN(c2ncc(/C=C/c3ccc(-n4ccnc4)nc3)cn2)CCN1c1ccnc(F)n1. The zero-order valence-corrected chi connectivity index (χ0v) is 19.1. The minimum atomic E-state index is -0.738. The topological polar surface area (TPSA) is 98.0 Å². The van der Waals surface area contributed by atoms with Crippen LogP contribution >= 0.6 is 0 Å². The van der Waals surface area contributed by atoms with E-state index in [2.05, 4.69) is 34.8 Å². The van der Waals surface area contributed by atoms with Crippen molar-refractivity contribution < 1.29 is 9.13 Å². The molecule has 0 amide bonds. The summed E-state index contributed by atoms with van der Waals surface area (Å²) in [5, 5.41) is 0. The van der Waals surface area contributed by atoms with Gasteiger partial charge in [0.25, 0.3) is 0 Å². The predicted octanol–water partition coefficient (Wildman–Crippen LogP) is 2.50. The molecule has 35 heavy (non-hydrogen) atoms. The van der Waals surface area contributed by atoms with Gasteiger partial charge in [-0.25, -0.2) is 24.9 Å². The number of piperazine rings is 1. The average molecular weight is 474 g/mol. The van der Waals surface area contributed by atoms with Gasteiger partial charge in [-0.3, -0.25) is 4.57 Å². The molecule has 0 bridgehead atoms. The van der Waals surface area contributed by atoms with Crippen molar-refractivity contribution in [2.45, 2.75) is 6.04 Å². The Bertz CT molecular complexity index is 1260. The van der Waals surface area contributed by atoms with Gasteiger partial charge in [0.2, 0.25) is 5.95 Å². The highest BCUT2D eigenvalue weighted by Gasteiger charge is 2.29. The van der Waals surface area contributed by atoms with Crippen molar-refractivity contribution in [1.29, 1.82) is 0 Å². The number of hydrogen-bond donors (Lipinski definition) is 0. The molecule has 0 aromatic carbocycles. The minimum Gasteiger partial charge on any atom is -0.382 e. The number of aromatic nitrogens is 7. The van der Waals surface area contributed by atoms with Gasteiger partial charge in [0.15, 0.2) is 0 Å². The van der Waals surface area contributed by atoms with Gasteiger partial charge in [0, 0.05) is 69.5 Å². The van der Waals surface area contributed by atoms with E-state index >= 15 is 0 Å². The van der Waals surface area contributed by atoms with Crippen LogP contribution in [-0.2, 0) is 4.74 Å². The second-order valence-electron chi connectivity index (χ2n) is 8.00. The van der Waals surface area contributed by atoms with Crippen molar-refractivity contribution in [3.05, 3.63) is 78.9 Å². The standard InChI is InChI=1S/C24H24FN9O/c1-35-16-20-15-32(10-11-34(20)22-6-7-27-23(25)31-22)24-29-13-19(14-30-24)3-2-18-4-5-21(28-12-18)33-9-8-26-17-33/h2-9,12-14,17,20H,10-11,15-16H2,1H3/b3-2+/t20-/m1/s1. The highest BCUT2D eigenvalue weighted by molar-refractivity contribution is 5.68. The molecule has 0 radical (unpaired) electrons. The van der Waals surface area contributed by atoms with Gasteiger partial charge < -0.3 is 14.5 Å². The van der Waals surface area contributed by atoms with Crippen molar-refractivity contribution >= 4 is 23.9 Å². The first-order valence-corrected chi connectivity index (χ1v) is 11.1. The van der Waals surface area contributed by atoms with Crippen molar-refractivity contribution in [1.82, 2.24) is 34.5 Å². The second kappa shape index (κ2) is 10.3. The van der Waals surface area contributed by atoms with Crippen LogP contribution in [0.5, 0.6) is 0 Å². The Kier molecular flexibility index (Phi) is 6.66. The summed E-state index contributed by atoms with van der Waals surface area (Å²) in [5.74, 6) is 2.00. The van der Waals surface area contributed by atoms with Crippen molar-refractivity contribution in [3.63, 3.8) is 0 Å². The zero-order valence-electron chi connectivity index (χ0n) is 19.1. The molecule has 1 aliphatic rings. The molecule has 5 rings (SSSR count). The number of methoxy groups -OCH3 is 1. The van der Waals surface area contributed by atoms with E-state index in [4.69, 9.17) is 4.74 Å². The Morgan fingerprint density at radius 1 is 0.971 bits per heavy atom. The lowest BCUT2D eigenvalue weighted by atomic mass is 10.1. The summed E-state index contributed by atoms with van der Waals surface area (Å²) in [6, 6.07) is 5.61. The van der Waals surface area contributed by atoms with Crippen molar-refractivity contribution in [3.8, 4) is 5.82 Å².